The van der Waals surface area contributed by atoms with Crippen LogP contribution in [0.25, 0.3) is 0 Å². The summed E-state index contributed by atoms with van der Waals surface area (Å²) in [6.07, 6.45) is -0.661. The van der Waals surface area contributed by atoms with E-state index in [4.69, 9.17) is 4.74 Å². The van der Waals surface area contributed by atoms with E-state index in [9.17, 15) is 18.8 Å². The zero-order valence-corrected chi connectivity index (χ0v) is 13.9. The molecule has 0 aliphatic carbocycles. The lowest BCUT2D eigenvalue weighted by atomic mass is 10.1. The SMILES string of the molecule is O=C(Cc1ccc(F)cc1)NC(CN1C(=O)COC1=O)c1ccccc1. The van der Waals surface area contributed by atoms with Gasteiger partial charge >= 0.3 is 6.09 Å². The van der Waals surface area contributed by atoms with Crippen molar-refractivity contribution in [1.29, 1.82) is 0 Å². The topological polar surface area (TPSA) is 75.7 Å². The summed E-state index contributed by atoms with van der Waals surface area (Å²) in [6, 6.07) is 14.1. The lowest BCUT2D eigenvalue weighted by molar-refractivity contribution is -0.127. The molecule has 0 radical (unpaired) electrons. The summed E-state index contributed by atoms with van der Waals surface area (Å²) in [7, 11) is 0. The first-order valence-corrected chi connectivity index (χ1v) is 8.09. The molecule has 1 heterocycles. The van der Waals surface area contributed by atoms with Gasteiger partial charge in [-0.2, -0.15) is 0 Å². The fourth-order valence-corrected chi connectivity index (χ4v) is 2.69. The molecule has 3 amide bonds. The largest absolute Gasteiger partial charge is 0.439 e. The second-order valence-corrected chi connectivity index (χ2v) is 5.89. The van der Waals surface area contributed by atoms with Gasteiger partial charge in [-0.05, 0) is 23.3 Å². The maximum absolute atomic E-state index is 13.0. The quantitative estimate of drug-likeness (QED) is 0.861. The second kappa shape index (κ2) is 7.77. The Hall–Kier alpha value is -3.22. The van der Waals surface area contributed by atoms with Gasteiger partial charge in [0.05, 0.1) is 19.0 Å². The molecular formula is C19H17FN2O4. The van der Waals surface area contributed by atoms with E-state index < -0.39 is 18.0 Å². The number of ether oxygens (including phenoxy) is 1. The Labute approximate surface area is 149 Å². The molecule has 26 heavy (non-hydrogen) atoms. The molecule has 0 bridgehead atoms. The number of imide groups is 1. The van der Waals surface area contributed by atoms with Gasteiger partial charge in [0, 0.05) is 0 Å². The Morgan fingerprint density at radius 1 is 1.12 bits per heavy atom. The number of hydrogen-bond donors (Lipinski definition) is 1. The van der Waals surface area contributed by atoms with Crippen molar-refractivity contribution in [2.75, 3.05) is 13.2 Å². The summed E-state index contributed by atoms with van der Waals surface area (Å²) in [5.74, 6) is -1.11. The number of nitrogens with one attached hydrogen (secondary N) is 1. The van der Waals surface area contributed by atoms with Gasteiger partial charge in [-0.1, -0.05) is 42.5 Å². The lowest BCUT2D eigenvalue weighted by Crippen LogP contribution is -2.40. The molecule has 7 heteroatoms. The molecule has 0 aromatic heterocycles. The van der Waals surface area contributed by atoms with Crippen molar-refractivity contribution in [3.05, 3.63) is 71.5 Å². The average molecular weight is 356 g/mol. The van der Waals surface area contributed by atoms with Gasteiger partial charge in [-0.15, -0.1) is 0 Å². The molecule has 1 aliphatic heterocycles. The molecule has 0 spiro atoms. The lowest BCUT2D eigenvalue weighted by Gasteiger charge is -2.23. The summed E-state index contributed by atoms with van der Waals surface area (Å²) in [6.45, 7) is -0.305. The number of cyclic esters (lactones) is 1. The van der Waals surface area contributed by atoms with Crippen LogP contribution in [-0.2, 0) is 20.7 Å². The van der Waals surface area contributed by atoms with Crippen molar-refractivity contribution in [1.82, 2.24) is 10.2 Å². The Bertz CT molecular complexity index is 792. The van der Waals surface area contributed by atoms with E-state index in [0.717, 1.165) is 10.5 Å². The van der Waals surface area contributed by atoms with Crippen LogP contribution in [0.5, 0.6) is 0 Å². The molecule has 1 unspecified atom stereocenters. The van der Waals surface area contributed by atoms with Gasteiger partial charge in [0.1, 0.15) is 5.82 Å². The molecule has 134 valence electrons. The molecule has 1 atom stereocenters. The van der Waals surface area contributed by atoms with E-state index in [1.54, 1.807) is 24.3 Å². The average Bonchev–Trinajstić information content (AvgIpc) is 2.96. The van der Waals surface area contributed by atoms with Crippen molar-refractivity contribution in [2.24, 2.45) is 0 Å². The predicted octanol–water partition coefficient (Wildman–Crippen LogP) is 2.20. The molecule has 0 saturated carbocycles. The Morgan fingerprint density at radius 2 is 1.81 bits per heavy atom. The van der Waals surface area contributed by atoms with Gasteiger partial charge in [0.2, 0.25) is 5.91 Å². The van der Waals surface area contributed by atoms with Crippen LogP contribution < -0.4 is 5.32 Å². The van der Waals surface area contributed by atoms with Crippen LogP contribution in [0.1, 0.15) is 17.2 Å². The molecule has 2 aromatic rings. The van der Waals surface area contributed by atoms with Crippen LogP contribution in [0.15, 0.2) is 54.6 Å². The first-order chi connectivity index (χ1) is 12.5. The van der Waals surface area contributed by atoms with Crippen molar-refractivity contribution in [2.45, 2.75) is 12.5 Å². The molecule has 6 nitrogen and oxygen atoms in total. The Balaban J connectivity index is 1.73. The fraction of sp³-hybridized carbons (Fsp3) is 0.211. The van der Waals surface area contributed by atoms with E-state index in [1.807, 2.05) is 6.07 Å². The Morgan fingerprint density at radius 3 is 2.42 bits per heavy atom. The predicted molar refractivity (Wildman–Crippen MR) is 90.5 cm³/mol. The third kappa shape index (κ3) is 4.24. The minimum Gasteiger partial charge on any atom is -0.439 e. The van der Waals surface area contributed by atoms with Crippen molar-refractivity contribution < 1.29 is 23.5 Å². The van der Waals surface area contributed by atoms with E-state index in [0.29, 0.717) is 5.56 Å². The summed E-state index contributed by atoms with van der Waals surface area (Å²) in [5.41, 5.74) is 1.42. The van der Waals surface area contributed by atoms with E-state index in [1.165, 1.54) is 24.3 Å². The van der Waals surface area contributed by atoms with Crippen LogP contribution in [0.3, 0.4) is 0 Å². The van der Waals surface area contributed by atoms with Crippen molar-refractivity contribution in [3.8, 4) is 0 Å². The van der Waals surface area contributed by atoms with Crippen LogP contribution in [0, 0.1) is 5.82 Å². The second-order valence-electron chi connectivity index (χ2n) is 5.89. The number of carbonyl (C=O) groups is 3. The first kappa shape index (κ1) is 17.6. The summed E-state index contributed by atoms with van der Waals surface area (Å²) in [5, 5.41) is 2.83. The maximum atomic E-state index is 13.0. The number of benzene rings is 2. The minimum atomic E-state index is -0.719. The normalized spacial score (nSPS) is 14.9. The van der Waals surface area contributed by atoms with E-state index in [-0.39, 0.29) is 31.3 Å². The van der Waals surface area contributed by atoms with E-state index in [2.05, 4.69) is 5.32 Å². The number of amides is 3. The molecule has 3 rings (SSSR count). The van der Waals surface area contributed by atoms with Crippen LogP contribution in [0.4, 0.5) is 9.18 Å². The van der Waals surface area contributed by atoms with Crippen molar-refractivity contribution >= 4 is 17.9 Å². The smallest absolute Gasteiger partial charge is 0.417 e. The summed E-state index contributed by atoms with van der Waals surface area (Å²) in [4.78, 5) is 36.9. The molecule has 1 aliphatic rings. The van der Waals surface area contributed by atoms with Crippen LogP contribution in [0.2, 0.25) is 0 Å². The van der Waals surface area contributed by atoms with Gasteiger partial charge in [-0.25, -0.2) is 14.1 Å². The number of hydrogen-bond acceptors (Lipinski definition) is 4. The van der Waals surface area contributed by atoms with Gasteiger partial charge in [0.15, 0.2) is 6.61 Å². The molecular weight excluding hydrogens is 339 g/mol. The number of rotatable bonds is 6. The standard InChI is InChI=1S/C19H17FN2O4/c20-15-8-6-13(7-9-15)10-17(23)21-16(14-4-2-1-3-5-14)11-22-18(24)12-26-19(22)25/h1-9,16H,10-12H2,(H,21,23). The van der Waals surface area contributed by atoms with E-state index >= 15 is 0 Å². The third-order valence-electron chi connectivity index (χ3n) is 4.02. The third-order valence-corrected chi connectivity index (χ3v) is 4.02. The highest BCUT2D eigenvalue weighted by Crippen LogP contribution is 2.18. The maximum Gasteiger partial charge on any atom is 0.417 e. The molecule has 1 fully saturated rings. The number of carbonyl (C=O) groups excluding carboxylic acids is 3. The highest BCUT2D eigenvalue weighted by Gasteiger charge is 2.33. The van der Waals surface area contributed by atoms with Gasteiger partial charge < -0.3 is 10.1 Å². The molecule has 1 N–H and O–H groups in total. The number of nitrogens with zero attached hydrogens (tertiary/aromatic N) is 1. The molecule has 1 saturated heterocycles. The zero-order valence-electron chi connectivity index (χ0n) is 13.9. The molecule has 2 aromatic carbocycles. The van der Waals surface area contributed by atoms with Crippen molar-refractivity contribution in [3.63, 3.8) is 0 Å². The van der Waals surface area contributed by atoms with Crippen LogP contribution >= 0.6 is 0 Å². The Kier molecular flexibility index (Phi) is 5.26. The number of halogens is 1. The fourth-order valence-electron chi connectivity index (χ4n) is 2.69. The summed E-state index contributed by atoms with van der Waals surface area (Å²) >= 11 is 0. The van der Waals surface area contributed by atoms with Crippen LogP contribution in [-0.4, -0.2) is 36.0 Å². The highest BCUT2D eigenvalue weighted by atomic mass is 19.1. The minimum absolute atomic E-state index is 0.0170. The zero-order chi connectivity index (χ0) is 18.5. The van der Waals surface area contributed by atoms with Gasteiger partial charge in [-0.3, -0.25) is 9.59 Å². The monoisotopic (exact) mass is 356 g/mol. The van der Waals surface area contributed by atoms with Gasteiger partial charge in [0.25, 0.3) is 5.91 Å². The highest BCUT2D eigenvalue weighted by molar-refractivity contribution is 5.97. The first-order valence-electron chi connectivity index (χ1n) is 8.09. The summed E-state index contributed by atoms with van der Waals surface area (Å²) < 4.78 is 17.7.